The summed E-state index contributed by atoms with van der Waals surface area (Å²) >= 11 is 11.5. The van der Waals surface area contributed by atoms with Crippen molar-refractivity contribution in [1.29, 1.82) is 0 Å². The van der Waals surface area contributed by atoms with Crippen LogP contribution >= 0.6 is 23.2 Å². The molecule has 0 N–H and O–H groups in total. The molecule has 6 nitrogen and oxygen atoms in total. The molecule has 1 spiro atoms. The number of hydrogen-bond donors (Lipinski definition) is 0. The summed E-state index contributed by atoms with van der Waals surface area (Å²) in [5.74, 6) is -1.02. The van der Waals surface area contributed by atoms with E-state index in [9.17, 15) is 22.4 Å². The Kier molecular flexibility index (Phi) is 5.97. The Labute approximate surface area is 220 Å². The summed E-state index contributed by atoms with van der Waals surface area (Å²) in [7, 11) is 0. The van der Waals surface area contributed by atoms with Crippen molar-refractivity contribution in [2.75, 3.05) is 13.1 Å². The summed E-state index contributed by atoms with van der Waals surface area (Å²) in [5.41, 5.74) is -2.51. The van der Waals surface area contributed by atoms with Gasteiger partial charge in [-0.3, -0.25) is 0 Å². The van der Waals surface area contributed by atoms with E-state index in [-0.39, 0.29) is 12.3 Å². The van der Waals surface area contributed by atoms with Crippen LogP contribution in [0, 0.1) is 5.82 Å². The average molecular weight is 561 g/mol. The highest BCUT2D eigenvalue weighted by Crippen LogP contribution is 2.51. The molecule has 0 bridgehead atoms. The van der Waals surface area contributed by atoms with E-state index in [0.717, 1.165) is 23.3 Å². The molecule has 2 aromatic carbocycles. The largest absolute Gasteiger partial charge is 0.444 e. The molecule has 1 fully saturated rings. The van der Waals surface area contributed by atoms with Crippen LogP contribution in [0.25, 0.3) is 0 Å². The number of nitrogens with zero attached hydrogens (tertiary/aromatic N) is 2. The molecule has 3 heterocycles. The third-order valence-electron chi connectivity index (χ3n) is 6.61. The van der Waals surface area contributed by atoms with Gasteiger partial charge < -0.3 is 19.2 Å². The van der Waals surface area contributed by atoms with Gasteiger partial charge >= 0.3 is 12.3 Å². The number of fused-ring (bicyclic) bond motifs is 2. The van der Waals surface area contributed by atoms with Gasteiger partial charge in [0.05, 0.1) is 35.5 Å². The van der Waals surface area contributed by atoms with Crippen LogP contribution in [0.1, 0.15) is 49.4 Å². The molecular formula is C25H22Cl2F4N2O4. The Morgan fingerprint density at radius 2 is 1.76 bits per heavy atom. The van der Waals surface area contributed by atoms with Gasteiger partial charge in [-0.2, -0.15) is 13.2 Å². The first kappa shape index (κ1) is 26.1. The Hall–Kier alpha value is -2.56. The molecule has 0 aromatic heterocycles. The van der Waals surface area contributed by atoms with E-state index in [1.807, 2.05) is 0 Å². The van der Waals surface area contributed by atoms with Crippen molar-refractivity contribution in [2.45, 2.75) is 56.8 Å². The first-order valence-corrected chi connectivity index (χ1v) is 12.1. The van der Waals surface area contributed by atoms with Gasteiger partial charge in [-0.25, -0.2) is 9.18 Å². The lowest BCUT2D eigenvalue weighted by Crippen LogP contribution is -2.61. The van der Waals surface area contributed by atoms with Crippen LogP contribution < -0.4 is 0 Å². The normalized spacial score (nSPS) is 22.4. The summed E-state index contributed by atoms with van der Waals surface area (Å²) < 4.78 is 68.2. The molecule has 1 atom stereocenters. The van der Waals surface area contributed by atoms with Crippen LogP contribution in [0.5, 0.6) is 0 Å². The number of ether oxygens (including phenoxy) is 2. The minimum atomic E-state index is -4.90. The predicted octanol–water partition coefficient (Wildman–Crippen LogP) is 6.69. The van der Waals surface area contributed by atoms with Crippen LogP contribution in [0.2, 0.25) is 10.0 Å². The molecule has 0 aliphatic carbocycles. The van der Waals surface area contributed by atoms with Gasteiger partial charge in [0.15, 0.2) is 5.82 Å². The summed E-state index contributed by atoms with van der Waals surface area (Å²) in [6.07, 6.45) is -6.00. The molecule has 0 unspecified atom stereocenters. The van der Waals surface area contributed by atoms with E-state index < -0.39 is 56.9 Å². The number of likely N-dealkylation sites (tertiary alicyclic amines) is 1. The zero-order valence-electron chi connectivity index (χ0n) is 20.0. The third kappa shape index (κ3) is 4.32. The monoisotopic (exact) mass is 560 g/mol. The highest BCUT2D eigenvalue weighted by Gasteiger charge is 2.62. The van der Waals surface area contributed by atoms with Crippen LogP contribution in [-0.4, -0.2) is 41.6 Å². The number of hydrogen-bond acceptors (Lipinski definition) is 5. The first-order valence-electron chi connectivity index (χ1n) is 11.4. The van der Waals surface area contributed by atoms with Crippen molar-refractivity contribution >= 4 is 35.0 Å². The van der Waals surface area contributed by atoms with E-state index in [4.69, 9.17) is 37.5 Å². The van der Waals surface area contributed by atoms with Crippen molar-refractivity contribution in [2.24, 2.45) is 5.16 Å². The first-order chi connectivity index (χ1) is 17.1. The van der Waals surface area contributed by atoms with Gasteiger partial charge in [-0.15, -0.1) is 0 Å². The van der Waals surface area contributed by atoms with Crippen molar-refractivity contribution < 1.29 is 36.7 Å². The zero-order valence-corrected chi connectivity index (χ0v) is 21.5. The fourth-order valence-corrected chi connectivity index (χ4v) is 5.25. The SMILES string of the molecule is CC(C)(C)OC(=O)N1CC2(C1)OCc1cc(C3=NO[C@@](c4cc(Cl)c(F)c(Cl)c4)(C(F)(F)F)C3)ccc12. The molecule has 2 aromatic rings. The lowest BCUT2D eigenvalue weighted by molar-refractivity contribution is -0.275. The molecule has 5 rings (SSSR count). The molecule has 3 aliphatic heterocycles. The summed E-state index contributed by atoms with van der Waals surface area (Å²) in [5, 5.41) is 2.65. The summed E-state index contributed by atoms with van der Waals surface area (Å²) in [4.78, 5) is 18.9. The van der Waals surface area contributed by atoms with Crippen LogP contribution in [0.4, 0.5) is 22.4 Å². The maximum atomic E-state index is 14.3. The Balaban J connectivity index is 1.37. The van der Waals surface area contributed by atoms with Crippen LogP contribution in [0.3, 0.4) is 0 Å². The highest BCUT2D eigenvalue weighted by molar-refractivity contribution is 6.35. The van der Waals surface area contributed by atoms with E-state index in [2.05, 4.69) is 5.16 Å². The van der Waals surface area contributed by atoms with Crippen molar-refractivity contribution in [3.63, 3.8) is 0 Å². The minimum Gasteiger partial charge on any atom is -0.444 e. The number of carbonyl (C=O) groups excluding carboxylic acids is 1. The minimum absolute atomic E-state index is 0.0571. The van der Waals surface area contributed by atoms with Gasteiger partial charge in [0, 0.05) is 12.0 Å². The maximum absolute atomic E-state index is 14.3. The smallest absolute Gasteiger partial charge is 0.435 e. The number of rotatable bonds is 2. The molecule has 0 radical (unpaired) electrons. The number of alkyl halides is 3. The molecule has 37 heavy (non-hydrogen) atoms. The highest BCUT2D eigenvalue weighted by atomic mass is 35.5. The van der Waals surface area contributed by atoms with Crippen LogP contribution in [0.15, 0.2) is 35.5 Å². The number of oxime groups is 1. The molecule has 12 heteroatoms. The fourth-order valence-electron chi connectivity index (χ4n) is 4.77. The second-order valence-electron chi connectivity index (χ2n) is 10.4. The molecule has 0 saturated carbocycles. The lowest BCUT2D eigenvalue weighted by Gasteiger charge is -2.47. The fraction of sp³-hybridized carbons (Fsp3) is 0.440. The molecule has 1 amide bonds. The molecule has 3 aliphatic rings. The van der Waals surface area contributed by atoms with Gasteiger partial charge in [0.1, 0.15) is 11.2 Å². The van der Waals surface area contributed by atoms with Gasteiger partial charge in [0.25, 0.3) is 5.60 Å². The van der Waals surface area contributed by atoms with E-state index in [0.29, 0.717) is 18.7 Å². The Morgan fingerprint density at radius 1 is 1.11 bits per heavy atom. The maximum Gasteiger partial charge on any atom is 0.435 e. The predicted molar refractivity (Wildman–Crippen MR) is 127 cm³/mol. The van der Waals surface area contributed by atoms with E-state index in [1.54, 1.807) is 43.9 Å². The standard InChI is InChI=1S/C25H22Cl2F4N2O4/c1-22(2,3)36-21(34)33-11-23(12-33)16-5-4-13(6-14(16)10-35-23)19-9-24(37-32-19,25(29,30)31)15-7-17(26)20(28)18(27)8-15/h4-8H,9-12H2,1-3H3/t24-/m0/s1. The van der Waals surface area contributed by atoms with Crippen molar-refractivity contribution in [3.05, 3.63) is 68.4 Å². The Bertz CT molecular complexity index is 1300. The number of carbonyl (C=O) groups is 1. The molecular weight excluding hydrogens is 539 g/mol. The van der Waals surface area contributed by atoms with E-state index >= 15 is 0 Å². The van der Waals surface area contributed by atoms with Crippen molar-refractivity contribution in [3.8, 4) is 0 Å². The number of amides is 1. The number of benzene rings is 2. The van der Waals surface area contributed by atoms with E-state index in [1.165, 1.54) is 0 Å². The number of halogens is 6. The second-order valence-corrected chi connectivity index (χ2v) is 11.2. The van der Waals surface area contributed by atoms with Crippen molar-refractivity contribution in [1.82, 2.24) is 4.90 Å². The van der Waals surface area contributed by atoms with Crippen LogP contribution in [-0.2, 0) is 32.1 Å². The molecule has 198 valence electrons. The van der Waals surface area contributed by atoms with Gasteiger partial charge in [-0.1, -0.05) is 40.5 Å². The summed E-state index contributed by atoms with van der Waals surface area (Å²) in [6, 6.07) is 6.82. The zero-order chi connectivity index (χ0) is 27.0. The summed E-state index contributed by atoms with van der Waals surface area (Å²) in [6.45, 7) is 6.19. The Morgan fingerprint density at radius 3 is 2.35 bits per heavy atom. The second kappa shape index (κ2) is 8.47. The van der Waals surface area contributed by atoms with Gasteiger partial charge in [-0.05, 0) is 55.7 Å². The molecule has 1 saturated heterocycles. The third-order valence-corrected chi connectivity index (χ3v) is 7.16. The lowest BCUT2D eigenvalue weighted by atomic mass is 9.83. The quantitative estimate of drug-likeness (QED) is 0.303. The average Bonchev–Trinajstić information content (AvgIpc) is 3.37. The van der Waals surface area contributed by atoms with Gasteiger partial charge in [0.2, 0.25) is 0 Å². The topological polar surface area (TPSA) is 60.4 Å².